The van der Waals surface area contributed by atoms with Gasteiger partial charge in [-0.1, -0.05) is 12.2 Å². The van der Waals surface area contributed by atoms with Gasteiger partial charge in [-0.2, -0.15) is 0 Å². The van der Waals surface area contributed by atoms with Crippen LogP contribution in [-0.2, 0) is 0 Å². The quantitative estimate of drug-likeness (QED) is 0.582. The standard InChI is InChI=1S/C8H16O2/c1-4-5-6-7(9)8(2,3)10/h4-5,7,9-10H,6H2,1-3H3/b5-4+. The van der Waals surface area contributed by atoms with Crippen LogP contribution in [-0.4, -0.2) is 21.9 Å². The fourth-order valence-electron chi connectivity index (χ4n) is 0.553. The van der Waals surface area contributed by atoms with Crippen molar-refractivity contribution >= 4 is 0 Å². The van der Waals surface area contributed by atoms with E-state index >= 15 is 0 Å². The number of aliphatic hydroxyl groups is 2. The molecule has 1 atom stereocenters. The second kappa shape index (κ2) is 3.74. The average molecular weight is 144 g/mol. The molecule has 2 nitrogen and oxygen atoms in total. The van der Waals surface area contributed by atoms with Crippen molar-refractivity contribution in [2.45, 2.75) is 38.9 Å². The fraction of sp³-hybridized carbons (Fsp3) is 0.750. The molecule has 0 aromatic heterocycles. The Balaban J connectivity index is 3.73. The van der Waals surface area contributed by atoms with E-state index in [1.54, 1.807) is 13.8 Å². The topological polar surface area (TPSA) is 40.5 Å². The van der Waals surface area contributed by atoms with Gasteiger partial charge in [-0.25, -0.2) is 0 Å². The summed E-state index contributed by atoms with van der Waals surface area (Å²) in [4.78, 5) is 0. The molecule has 0 saturated heterocycles. The Hall–Kier alpha value is -0.340. The summed E-state index contributed by atoms with van der Waals surface area (Å²) in [7, 11) is 0. The van der Waals surface area contributed by atoms with Gasteiger partial charge in [0.05, 0.1) is 11.7 Å². The number of rotatable bonds is 3. The van der Waals surface area contributed by atoms with Crippen molar-refractivity contribution in [3.8, 4) is 0 Å². The minimum atomic E-state index is -0.987. The second-order valence-corrected chi connectivity index (χ2v) is 2.97. The molecule has 0 saturated carbocycles. The van der Waals surface area contributed by atoms with Crippen molar-refractivity contribution in [2.75, 3.05) is 0 Å². The third kappa shape index (κ3) is 3.64. The van der Waals surface area contributed by atoms with Crippen LogP contribution in [0.1, 0.15) is 27.2 Å². The second-order valence-electron chi connectivity index (χ2n) is 2.97. The smallest absolute Gasteiger partial charge is 0.0855 e. The Morgan fingerprint density at radius 2 is 2.00 bits per heavy atom. The Bertz CT molecular complexity index is 111. The normalized spacial score (nSPS) is 16.1. The van der Waals surface area contributed by atoms with Crippen LogP contribution < -0.4 is 0 Å². The third-order valence-electron chi connectivity index (χ3n) is 1.41. The zero-order chi connectivity index (χ0) is 8.20. The average Bonchev–Trinajstić information content (AvgIpc) is 1.80. The van der Waals surface area contributed by atoms with Crippen LogP contribution in [0.25, 0.3) is 0 Å². The first kappa shape index (κ1) is 9.66. The largest absolute Gasteiger partial charge is 0.390 e. The van der Waals surface area contributed by atoms with E-state index < -0.39 is 11.7 Å². The summed E-state index contributed by atoms with van der Waals surface area (Å²) in [5, 5.41) is 18.4. The first-order chi connectivity index (χ1) is 4.48. The first-order valence-electron chi connectivity index (χ1n) is 3.50. The fourth-order valence-corrected chi connectivity index (χ4v) is 0.553. The summed E-state index contributed by atoms with van der Waals surface area (Å²) in [5.74, 6) is 0. The molecule has 10 heavy (non-hydrogen) atoms. The summed E-state index contributed by atoms with van der Waals surface area (Å²) in [5.41, 5.74) is -0.987. The third-order valence-corrected chi connectivity index (χ3v) is 1.41. The summed E-state index contributed by atoms with van der Waals surface area (Å²) < 4.78 is 0. The van der Waals surface area contributed by atoms with E-state index in [1.807, 2.05) is 19.1 Å². The lowest BCUT2D eigenvalue weighted by atomic mass is 9.99. The molecule has 60 valence electrons. The van der Waals surface area contributed by atoms with Crippen molar-refractivity contribution < 1.29 is 10.2 Å². The molecule has 1 unspecified atom stereocenters. The van der Waals surface area contributed by atoms with E-state index in [9.17, 15) is 10.2 Å². The molecule has 0 bridgehead atoms. The Morgan fingerprint density at radius 1 is 1.50 bits per heavy atom. The first-order valence-corrected chi connectivity index (χ1v) is 3.50. The number of hydrogen-bond acceptors (Lipinski definition) is 2. The van der Waals surface area contributed by atoms with Gasteiger partial charge in [-0.05, 0) is 27.2 Å². The van der Waals surface area contributed by atoms with E-state index in [0.717, 1.165) is 0 Å². The van der Waals surface area contributed by atoms with Gasteiger partial charge in [0.25, 0.3) is 0 Å². The minimum absolute atomic E-state index is 0.514. The van der Waals surface area contributed by atoms with Crippen molar-refractivity contribution in [1.29, 1.82) is 0 Å². The zero-order valence-electron chi connectivity index (χ0n) is 6.83. The predicted molar refractivity (Wildman–Crippen MR) is 41.7 cm³/mol. The van der Waals surface area contributed by atoms with Gasteiger partial charge in [0, 0.05) is 0 Å². The monoisotopic (exact) mass is 144 g/mol. The van der Waals surface area contributed by atoms with Crippen LogP contribution in [0.5, 0.6) is 0 Å². The molecule has 0 amide bonds. The van der Waals surface area contributed by atoms with Crippen LogP contribution in [0.15, 0.2) is 12.2 Å². The van der Waals surface area contributed by atoms with Crippen LogP contribution in [0.2, 0.25) is 0 Å². The summed E-state index contributed by atoms with van der Waals surface area (Å²) >= 11 is 0. The van der Waals surface area contributed by atoms with Crippen molar-refractivity contribution in [3.63, 3.8) is 0 Å². The zero-order valence-corrected chi connectivity index (χ0v) is 6.83. The van der Waals surface area contributed by atoms with Gasteiger partial charge in [-0.3, -0.25) is 0 Å². The van der Waals surface area contributed by atoms with Gasteiger partial charge in [0.15, 0.2) is 0 Å². The molecule has 2 heteroatoms. The molecule has 2 N–H and O–H groups in total. The SMILES string of the molecule is C/C=C/CC(O)C(C)(C)O. The Labute approximate surface area is 62.2 Å². The molecule has 0 aliphatic rings. The summed E-state index contributed by atoms with van der Waals surface area (Å²) in [6, 6.07) is 0. The summed E-state index contributed by atoms with van der Waals surface area (Å²) in [6.45, 7) is 5.08. The summed E-state index contributed by atoms with van der Waals surface area (Å²) in [6.07, 6.45) is 3.54. The van der Waals surface area contributed by atoms with E-state index in [2.05, 4.69) is 0 Å². The van der Waals surface area contributed by atoms with Gasteiger partial charge in [0.2, 0.25) is 0 Å². The number of hydrogen-bond donors (Lipinski definition) is 2. The Morgan fingerprint density at radius 3 is 2.30 bits per heavy atom. The molecule has 0 aromatic rings. The molecule has 0 heterocycles. The maximum absolute atomic E-state index is 9.23. The highest BCUT2D eigenvalue weighted by molar-refractivity contribution is 4.86. The van der Waals surface area contributed by atoms with Crippen LogP contribution in [0.4, 0.5) is 0 Å². The lowest BCUT2D eigenvalue weighted by molar-refractivity contribution is -0.0456. The van der Waals surface area contributed by atoms with Gasteiger partial charge in [-0.15, -0.1) is 0 Å². The van der Waals surface area contributed by atoms with Gasteiger partial charge >= 0.3 is 0 Å². The molecular weight excluding hydrogens is 128 g/mol. The molecule has 0 spiro atoms. The molecule has 0 rings (SSSR count). The molecule has 0 aliphatic carbocycles. The maximum Gasteiger partial charge on any atom is 0.0855 e. The number of allylic oxidation sites excluding steroid dienone is 1. The van der Waals surface area contributed by atoms with Crippen molar-refractivity contribution in [3.05, 3.63) is 12.2 Å². The van der Waals surface area contributed by atoms with Gasteiger partial charge < -0.3 is 10.2 Å². The molecular formula is C8H16O2. The van der Waals surface area contributed by atoms with E-state index in [1.165, 1.54) is 0 Å². The number of aliphatic hydroxyl groups excluding tert-OH is 1. The highest BCUT2D eigenvalue weighted by Crippen LogP contribution is 2.11. The molecule has 0 radical (unpaired) electrons. The molecule has 0 fully saturated rings. The lowest BCUT2D eigenvalue weighted by Crippen LogP contribution is -2.35. The minimum Gasteiger partial charge on any atom is -0.390 e. The van der Waals surface area contributed by atoms with Crippen LogP contribution in [0.3, 0.4) is 0 Å². The lowest BCUT2D eigenvalue weighted by Gasteiger charge is -2.22. The molecule has 0 aromatic carbocycles. The van der Waals surface area contributed by atoms with Crippen molar-refractivity contribution in [2.24, 2.45) is 0 Å². The van der Waals surface area contributed by atoms with Gasteiger partial charge in [0.1, 0.15) is 0 Å². The highest BCUT2D eigenvalue weighted by atomic mass is 16.3. The predicted octanol–water partition coefficient (Wildman–Crippen LogP) is 1.08. The highest BCUT2D eigenvalue weighted by Gasteiger charge is 2.22. The van der Waals surface area contributed by atoms with Crippen LogP contribution in [0, 0.1) is 0 Å². The van der Waals surface area contributed by atoms with E-state index in [-0.39, 0.29) is 0 Å². The molecule has 0 aliphatic heterocycles. The van der Waals surface area contributed by atoms with Crippen molar-refractivity contribution in [1.82, 2.24) is 0 Å². The Kier molecular flexibility index (Phi) is 3.61. The van der Waals surface area contributed by atoms with Crippen LogP contribution >= 0.6 is 0 Å². The maximum atomic E-state index is 9.23. The van der Waals surface area contributed by atoms with E-state index in [0.29, 0.717) is 6.42 Å². The van der Waals surface area contributed by atoms with E-state index in [4.69, 9.17) is 0 Å².